The number of amides is 3. The van der Waals surface area contributed by atoms with Gasteiger partial charge in [0.1, 0.15) is 6.04 Å². The van der Waals surface area contributed by atoms with E-state index in [0.29, 0.717) is 44.2 Å². The molecule has 2 heterocycles. The van der Waals surface area contributed by atoms with Crippen LogP contribution in [0.25, 0.3) is 0 Å². The Labute approximate surface area is 136 Å². The van der Waals surface area contributed by atoms with Crippen LogP contribution in [0.5, 0.6) is 0 Å². The summed E-state index contributed by atoms with van der Waals surface area (Å²) in [4.78, 5) is 41.9. The molecule has 0 saturated carbocycles. The first-order valence-electron chi connectivity index (χ1n) is 7.90. The third-order valence-electron chi connectivity index (χ3n) is 4.19. The van der Waals surface area contributed by atoms with Crippen molar-refractivity contribution < 1.29 is 14.4 Å². The summed E-state index contributed by atoms with van der Waals surface area (Å²) >= 11 is 1.63. The lowest BCUT2D eigenvalue weighted by Crippen LogP contribution is -2.56. The van der Waals surface area contributed by atoms with E-state index in [1.165, 1.54) is 0 Å². The minimum absolute atomic E-state index is 0.00819. The molecule has 2 aliphatic heterocycles. The average molecular weight is 327 g/mol. The third kappa shape index (κ3) is 3.56. The van der Waals surface area contributed by atoms with Crippen LogP contribution in [0.15, 0.2) is 0 Å². The van der Waals surface area contributed by atoms with Gasteiger partial charge in [-0.1, -0.05) is 20.8 Å². The Balaban J connectivity index is 1.92. The molecule has 0 unspecified atom stereocenters. The first-order chi connectivity index (χ1) is 10.5. The summed E-state index contributed by atoms with van der Waals surface area (Å²) in [6.07, 6.45) is 0.432. The van der Waals surface area contributed by atoms with Crippen LogP contribution in [0.2, 0.25) is 0 Å². The highest BCUT2D eigenvalue weighted by Gasteiger charge is 2.37. The van der Waals surface area contributed by atoms with Gasteiger partial charge in [-0.3, -0.25) is 14.4 Å². The zero-order chi connectivity index (χ0) is 16.3. The first-order valence-corrected chi connectivity index (χ1v) is 9.06. The van der Waals surface area contributed by atoms with E-state index in [4.69, 9.17) is 0 Å². The molecule has 3 amide bonds. The minimum atomic E-state index is -0.329. The number of carbonyl (C=O) groups excluding carboxylic acids is 3. The van der Waals surface area contributed by atoms with Crippen molar-refractivity contribution in [3.63, 3.8) is 0 Å². The molecular formula is C15H25N3O3S. The van der Waals surface area contributed by atoms with Crippen molar-refractivity contribution in [3.05, 3.63) is 0 Å². The largest absolute Gasteiger partial charge is 0.339 e. The Morgan fingerprint density at radius 3 is 2.23 bits per heavy atom. The molecule has 0 aromatic rings. The Morgan fingerprint density at radius 2 is 1.68 bits per heavy atom. The van der Waals surface area contributed by atoms with Gasteiger partial charge in [-0.05, 0) is 0 Å². The summed E-state index contributed by atoms with van der Waals surface area (Å²) in [5, 5.41) is 0. The number of nitrogens with zero attached hydrogens (tertiary/aromatic N) is 3. The van der Waals surface area contributed by atoms with Crippen molar-refractivity contribution in [2.45, 2.75) is 33.2 Å². The van der Waals surface area contributed by atoms with Gasteiger partial charge in [0, 0.05) is 44.3 Å². The molecule has 6 nitrogen and oxygen atoms in total. The number of carbonyl (C=O) groups is 3. The Morgan fingerprint density at radius 1 is 1.09 bits per heavy atom. The van der Waals surface area contributed by atoms with E-state index in [1.807, 2.05) is 25.7 Å². The molecule has 0 radical (unpaired) electrons. The van der Waals surface area contributed by atoms with E-state index in [-0.39, 0.29) is 29.7 Å². The number of hydrogen-bond acceptors (Lipinski definition) is 4. The summed E-state index contributed by atoms with van der Waals surface area (Å²) in [6.45, 7) is 7.91. The van der Waals surface area contributed by atoms with Crippen LogP contribution in [-0.4, -0.2) is 76.3 Å². The lowest BCUT2D eigenvalue weighted by Gasteiger charge is -2.37. The third-order valence-corrected chi connectivity index (χ3v) is 5.20. The average Bonchev–Trinajstić information content (AvgIpc) is 3.02. The van der Waals surface area contributed by atoms with Crippen LogP contribution in [-0.2, 0) is 14.4 Å². The molecule has 2 fully saturated rings. The van der Waals surface area contributed by atoms with Gasteiger partial charge < -0.3 is 14.7 Å². The minimum Gasteiger partial charge on any atom is -0.339 e. The molecule has 2 rings (SSSR count). The molecule has 0 bridgehead atoms. The highest BCUT2D eigenvalue weighted by atomic mass is 32.2. The highest BCUT2D eigenvalue weighted by molar-refractivity contribution is 7.99. The predicted molar refractivity (Wildman–Crippen MR) is 86.2 cm³/mol. The number of hydrogen-bond donors (Lipinski definition) is 0. The number of piperazine rings is 1. The van der Waals surface area contributed by atoms with Gasteiger partial charge in [-0.15, -0.1) is 11.8 Å². The number of thioether (sulfide) groups is 1. The van der Waals surface area contributed by atoms with Crippen molar-refractivity contribution in [1.29, 1.82) is 0 Å². The van der Waals surface area contributed by atoms with Crippen molar-refractivity contribution in [3.8, 4) is 0 Å². The Bertz CT molecular complexity index is 447. The fraction of sp³-hybridized carbons (Fsp3) is 0.800. The monoisotopic (exact) mass is 327 g/mol. The molecule has 0 N–H and O–H groups in total. The second-order valence-corrected chi connectivity index (χ2v) is 7.04. The molecule has 0 aliphatic carbocycles. The highest BCUT2D eigenvalue weighted by Crippen LogP contribution is 2.23. The number of rotatable bonds is 3. The van der Waals surface area contributed by atoms with Gasteiger partial charge in [0.05, 0.1) is 5.88 Å². The quantitative estimate of drug-likeness (QED) is 0.763. The summed E-state index contributed by atoms with van der Waals surface area (Å²) in [5.41, 5.74) is 0. The molecule has 0 spiro atoms. The van der Waals surface area contributed by atoms with E-state index in [1.54, 1.807) is 21.6 Å². The molecule has 124 valence electrons. The fourth-order valence-corrected chi connectivity index (χ4v) is 3.99. The zero-order valence-electron chi connectivity index (χ0n) is 13.6. The van der Waals surface area contributed by atoms with Gasteiger partial charge in [0.15, 0.2) is 0 Å². The molecule has 0 aromatic heterocycles. The second-order valence-electron chi connectivity index (χ2n) is 6.04. The maximum Gasteiger partial charge on any atom is 0.246 e. The van der Waals surface area contributed by atoms with E-state index in [0.717, 1.165) is 0 Å². The zero-order valence-corrected chi connectivity index (χ0v) is 14.4. The Kier molecular flexibility index (Phi) is 5.72. The Hall–Kier alpha value is -1.24. The van der Waals surface area contributed by atoms with Crippen LogP contribution in [0.1, 0.15) is 27.2 Å². The fourth-order valence-electron chi connectivity index (χ4n) is 2.82. The smallest absolute Gasteiger partial charge is 0.246 e. The molecule has 2 saturated heterocycles. The van der Waals surface area contributed by atoms with Crippen molar-refractivity contribution in [2.24, 2.45) is 5.92 Å². The first kappa shape index (κ1) is 17.1. The lowest BCUT2D eigenvalue weighted by atomic mass is 10.1. The van der Waals surface area contributed by atoms with Crippen LogP contribution in [0.4, 0.5) is 0 Å². The summed E-state index contributed by atoms with van der Waals surface area (Å²) in [5.74, 6) is 1.49. The maximum absolute atomic E-state index is 12.7. The molecule has 7 heteroatoms. The van der Waals surface area contributed by atoms with Crippen molar-refractivity contribution in [2.75, 3.05) is 37.8 Å². The van der Waals surface area contributed by atoms with Crippen molar-refractivity contribution in [1.82, 2.24) is 14.7 Å². The van der Waals surface area contributed by atoms with E-state index in [9.17, 15) is 14.4 Å². The summed E-state index contributed by atoms with van der Waals surface area (Å²) in [7, 11) is 0. The van der Waals surface area contributed by atoms with Crippen LogP contribution >= 0.6 is 11.8 Å². The van der Waals surface area contributed by atoms with E-state index in [2.05, 4.69) is 0 Å². The maximum atomic E-state index is 12.7. The van der Waals surface area contributed by atoms with Crippen LogP contribution < -0.4 is 0 Å². The topological polar surface area (TPSA) is 60.9 Å². The predicted octanol–water partition coefficient (Wildman–Crippen LogP) is 0.625. The molecular weight excluding hydrogens is 302 g/mol. The molecule has 22 heavy (non-hydrogen) atoms. The van der Waals surface area contributed by atoms with Gasteiger partial charge in [-0.2, -0.15) is 0 Å². The van der Waals surface area contributed by atoms with E-state index >= 15 is 0 Å². The van der Waals surface area contributed by atoms with Crippen molar-refractivity contribution >= 4 is 29.5 Å². The van der Waals surface area contributed by atoms with Gasteiger partial charge in [-0.25, -0.2) is 0 Å². The van der Waals surface area contributed by atoms with Gasteiger partial charge in [0.2, 0.25) is 17.7 Å². The summed E-state index contributed by atoms with van der Waals surface area (Å²) < 4.78 is 0. The van der Waals surface area contributed by atoms with E-state index < -0.39 is 0 Å². The standard InChI is InChI=1S/C15H25N3O3S/c1-4-13(19)18-10-22-9-12(18)15(21)17-7-5-16(6-8-17)14(20)11(2)3/h11-12H,4-10H2,1-3H3/t12-/m1/s1. The normalized spacial score (nSPS) is 22.4. The van der Waals surface area contributed by atoms with Gasteiger partial charge in [0.25, 0.3) is 0 Å². The van der Waals surface area contributed by atoms with Gasteiger partial charge >= 0.3 is 0 Å². The summed E-state index contributed by atoms with van der Waals surface area (Å²) in [6, 6.07) is -0.329. The molecule has 1 atom stereocenters. The lowest BCUT2D eigenvalue weighted by molar-refractivity contribution is -0.146. The molecule has 2 aliphatic rings. The van der Waals surface area contributed by atoms with Crippen LogP contribution in [0, 0.1) is 5.92 Å². The SMILES string of the molecule is CCC(=O)N1CSC[C@@H]1C(=O)N1CCN(C(=O)C(C)C)CC1. The second kappa shape index (κ2) is 7.35. The van der Waals surface area contributed by atoms with Crippen LogP contribution in [0.3, 0.4) is 0 Å². The molecule has 0 aromatic carbocycles.